The van der Waals surface area contributed by atoms with Crippen LogP contribution in [0.3, 0.4) is 0 Å². The number of nitrogens with one attached hydrogen (secondary N) is 1. The first-order valence-corrected chi connectivity index (χ1v) is 7.92. The zero-order chi connectivity index (χ0) is 15.4. The molecule has 1 rings (SSSR count). The molecule has 1 aromatic heterocycles. The Morgan fingerprint density at radius 3 is 2.35 bits per heavy atom. The fraction of sp³-hybridized carbons (Fsp3) is 0.667. The van der Waals surface area contributed by atoms with Gasteiger partial charge in [-0.1, -0.05) is 34.6 Å². The Morgan fingerprint density at radius 1 is 1.35 bits per heavy atom. The molecule has 0 aliphatic rings. The molecule has 1 unspecified atom stereocenters. The van der Waals surface area contributed by atoms with Gasteiger partial charge in [0.05, 0.1) is 17.7 Å². The van der Waals surface area contributed by atoms with Crippen molar-refractivity contribution < 1.29 is 9.53 Å². The van der Waals surface area contributed by atoms with Crippen molar-refractivity contribution in [3.63, 3.8) is 0 Å². The summed E-state index contributed by atoms with van der Waals surface area (Å²) in [7, 11) is 1.59. The molecule has 0 amide bonds. The molecule has 20 heavy (non-hydrogen) atoms. The van der Waals surface area contributed by atoms with Crippen LogP contribution in [-0.4, -0.2) is 18.9 Å². The highest BCUT2D eigenvalue weighted by Crippen LogP contribution is 2.44. The van der Waals surface area contributed by atoms with Gasteiger partial charge in [-0.15, -0.1) is 11.3 Å². The zero-order valence-electron chi connectivity index (χ0n) is 13.2. The second-order valence-electron chi connectivity index (χ2n) is 5.63. The second kappa shape index (κ2) is 6.97. The number of methoxy groups -OCH3 is 1. The zero-order valence-corrected chi connectivity index (χ0v) is 14.1. The highest BCUT2D eigenvalue weighted by molar-refractivity contribution is 7.19. The van der Waals surface area contributed by atoms with Gasteiger partial charge in [0.1, 0.15) is 5.00 Å². The number of hydrogen-bond acceptors (Lipinski definition) is 5. The number of Topliss-reactive ketones (excluding diaryl/α,β-unsaturated/α-hetero) is 1. The average molecular weight is 298 g/mol. The highest BCUT2D eigenvalue weighted by atomic mass is 32.1. The third-order valence-electron chi connectivity index (χ3n) is 3.41. The molecule has 0 spiro atoms. The Hall–Kier alpha value is -1.23. The minimum atomic E-state index is -0.0689. The smallest absolute Gasteiger partial charge is 0.177 e. The molecule has 1 atom stereocenters. The van der Waals surface area contributed by atoms with Crippen LogP contribution in [0.15, 0.2) is 0 Å². The van der Waals surface area contributed by atoms with Crippen LogP contribution >= 0.6 is 11.3 Å². The molecule has 114 valence electrons. The van der Waals surface area contributed by atoms with E-state index in [0.717, 1.165) is 11.4 Å². The Balaban J connectivity index is 3.14. The van der Waals surface area contributed by atoms with Gasteiger partial charge in [0.15, 0.2) is 11.5 Å². The molecule has 0 saturated carbocycles. The van der Waals surface area contributed by atoms with E-state index < -0.39 is 0 Å². The van der Waals surface area contributed by atoms with E-state index in [0.29, 0.717) is 28.3 Å². The SMILES string of the molecule is CCC(Nc1sc(C(=O)C(C)C)c(N)c1OC)C(C)C. The van der Waals surface area contributed by atoms with E-state index in [1.807, 2.05) is 13.8 Å². The van der Waals surface area contributed by atoms with Crippen molar-refractivity contribution in [1.29, 1.82) is 0 Å². The van der Waals surface area contributed by atoms with Crippen molar-refractivity contribution in [3.8, 4) is 5.75 Å². The van der Waals surface area contributed by atoms with Gasteiger partial charge >= 0.3 is 0 Å². The standard InChI is InChI=1S/C15H26N2O2S/c1-7-10(8(2)3)17-15-13(19-6)11(16)14(20-15)12(18)9(4)5/h8-10,17H,7,16H2,1-6H3. The summed E-state index contributed by atoms with van der Waals surface area (Å²) in [5, 5.41) is 4.32. The normalized spacial score (nSPS) is 12.8. The first-order valence-electron chi connectivity index (χ1n) is 7.10. The molecule has 1 heterocycles. The van der Waals surface area contributed by atoms with Gasteiger partial charge in [-0.3, -0.25) is 4.79 Å². The number of thiophene rings is 1. The minimum absolute atomic E-state index is 0.0662. The van der Waals surface area contributed by atoms with Crippen LogP contribution in [0.25, 0.3) is 0 Å². The van der Waals surface area contributed by atoms with E-state index in [1.54, 1.807) is 7.11 Å². The molecule has 5 heteroatoms. The summed E-state index contributed by atoms with van der Waals surface area (Å²) in [6, 6.07) is 0.337. The van der Waals surface area contributed by atoms with E-state index in [-0.39, 0.29) is 11.7 Å². The molecule has 0 aromatic carbocycles. The topological polar surface area (TPSA) is 64.4 Å². The largest absolute Gasteiger partial charge is 0.492 e. The van der Waals surface area contributed by atoms with Gasteiger partial charge in [-0.25, -0.2) is 0 Å². The fourth-order valence-electron chi connectivity index (χ4n) is 2.08. The summed E-state index contributed by atoms with van der Waals surface area (Å²) in [5.74, 6) is 1.09. The lowest BCUT2D eigenvalue weighted by Crippen LogP contribution is -2.24. The van der Waals surface area contributed by atoms with Gasteiger partial charge in [0, 0.05) is 12.0 Å². The number of carbonyl (C=O) groups excluding carboxylic acids is 1. The maximum Gasteiger partial charge on any atom is 0.177 e. The lowest BCUT2D eigenvalue weighted by Gasteiger charge is -2.21. The monoisotopic (exact) mass is 298 g/mol. The predicted octanol–water partition coefficient (Wildman–Crippen LogP) is 4.02. The van der Waals surface area contributed by atoms with E-state index in [9.17, 15) is 4.79 Å². The van der Waals surface area contributed by atoms with Gasteiger partial charge < -0.3 is 15.8 Å². The highest BCUT2D eigenvalue weighted by Gasteiger charge is 2.25. The van der Waals surface area contributed by atoms with Crippen LogP contribution in [0, 0.1) is 11.8 Å². The van der Waals surface area contributed by atoms with Gasteiger partial charge in [0.2, 0.25) is 0 Å². The maximum absolute atomic E-state index is 12.2. The lowest BCUT2D eigenvalue weighted by molar-refractivity contribution is 0.0944. The van der Waals surface area contributed by atoms with Crippen molar-refractivity contribution in [1.82, 2.24) is 0 Å². The van der Waals surface area contributed by atoms with Crippen molar-refractivity contribution in [2.75, 3.05) is 18.2 Å². The molecular weight excluding hydrogens is 272 g/mol. The predicted molar refractivity (Wildman–Crippen MR) is 87.0 cm³/mol. The Labute approximate surface area is 125 Å². The number of ketones is 1. The summed E-state index contributed by atoms with van der Waals surface area (Å²) in [5.41, 5.74) is 6.53. The first-order chi connectivity index (χ1) is 9.33. The van der Waals surface area contributed by atoms with Crippen LogP contribution in [0.4, 0.5) is 10.7 Å². The van der Waals surface area contributed by atoms with Gasteiger partial charge in [0.25, 0.3) is 0 Å². The molecule has 1 aromatic rings. The summed E-state index contributed by atoms with van der Waals surface area (Å²) in [6.07, 6.45) is 1.01. The van der Waals surface area contributed by atoms with Gasteiger partial charge in [-0.2, -0.15) is 0 Å². The molecular formula is C15H26N2O2S. The summed E-state index contributed by atoms with van der Waals surface area (Å²) >= 11 is 1.40. The molecule has 3 N–H and O–H groups in total. The Morgan fingerprint density at radius 2 is 1.95 bits per heavy atom. The summed E-state index contributed by atoms with van der Waals surface area (Å²) in [6.45, 7) is 10.2. The molecule has 0 saturated heterocycles. The summed E-state index contributed by atoms with van der Waals surface area (Å²) in [4.78, 5) is 12.8. The third kappa shape index (κ3) is 3.45. The first kappa shape index (κ1) is 16.8. The summed E-state index contributed by atoms with van der Waals surface area (Å²) < 4.78 is 5.38. The molecule has 0 bridgehead atoms. The van der Waals surface area contributed by atoms with Crippen LogP contribution in [-0.2, 0) is 0 Å². The number of rotatable bonds is 7. The van der Waals surface area contributed by atoms with Crippen molar-refractivity contribution in [2.45, 2.75) is 47.1 Å². The minimum Gasteiger partial charge on any atom is -0.492 e. The fourth-order valence-corrected chi connectivity index (χ4v) is 3.32. The van der Waals surface area contributed by atoms with E-state index >= 15 is 0 Å². The van der Waals surface area contributed by atoms with Crippen LogP contribution in [0.2, 0.25) is 0 Å². The van der Waals surface area contributed by atoms with Crippen LogP contribution in [0.1, 0.15) is 50.7 Å². The molecule has 0 aliphatic carbocycles. The van der Waals surface area contributed by atoms with E-state index in [2.05, 4.69) is 26.1 Å². The van der Waals surface area contributed by atoms with Crippen molar-refractivity contribution in [2.24, 2.45) is 11.8 Å². The lowest BCUT2D eigenvalue weighted by atomic mass is 10.0. The van der Waals surface area contributed by atoms with Crippen LogP contribution < -0.4 is 15.8 Å². The number of nitrogen functional groups attached to an aromatic ring is 1. The number of anilines is 2. The third-order valence-corrected chi connectivity index (χ3v) is 4.55. The number of carbonyl (C=O) groups is 1. The molecule has 0 radical (unpaired) electrons. The van der Waals surface area contributed by atoms with Crippen LogP contribution in [0.5, 0.6) is 5.75 Å². The van der Waals surface area contributed by atoms with Gasteiger partial charge in [-0.05, 0) is 12.3 Å². The maximum atomic E-state index is 12.2. The molecule has 4 nitrogen and oxygen atoms in total. The van der Waals surface area contributed by atoms with Crippen molar-refractivity contribution >= 4 is 27.8 Å². The van der Waals surface area contributed by atoms with E-state index in [1.165, 1.54) is 11.3 Å². The number of hydrogen-bond donors (Lipinski definition) is 2. The number of nitrogens with two attached hydrogens (primary N) is 1. The molecule has 0 aliphatic heterocycles. The van der Waals surface area contributed by atoms with Crippen molar-refractivity contribution in [3.05, 3.63) is 4.88 Å². The Kier molecular flexibility index (Phi) is 5.87. The average Bonchev–Trinajstić information content (AvgIpc) is 2.70. The van der Waals surface area contributed by atoms with E-state index in [4.69, 9.17) is 10.5 Å². The molecule has 0 fully saturated rings. The second-order valence-corrected chi connectivity index (χ2v) is 6.65. The Bertz CT molecular complexity index is 467. The quantitative estimate of drug-likeness (QED) is 0.746. The number of ether oxygens (including phenoxy) is 1.